The number of rotatable bonds is 5. The van der Waals surface area contributed by atoms with Gasteiger partial charge in [0.2, 0.25) is 0 Å². The average Bonchev–Trinajstić information content (AvgIpc) is 2.04. The minimum Gasteiger partial charge on any atom is -0.253 e. The van der Waals surface area contributed by atoms with Gasteiger partial charge >= 0.3 is 0 Å². The number of allylic oxidation sites excluding steroid dienone is 2. The van der Waals surface area contributed by atoms with Gasteiger partial charge in [0.05, 0.1) is 0 Å². The fourth-order valence-electron chi connectivity index (χ4n) is 0.898. The first-order valence-electron chi connectivity index (χ1n) is 4.37. The van der Waals surface area contributed by atoms with Gasteiger partial charge in [0.15, 0.2) is 0 Å². The number of hydrogen-bond donors (Lipinski definition) is 0. The molecule has 0 spiro atoms. The molecule has 0 aromatic rings. The quantitative estimate of drug-likeness (QED) is 0.442. The molecule has 0 saturated heterocycles. The van der Waals surface area contributed by atoms with Crippen molar-refractivity contribution >= 4 is 13.1 Å². The molecule has 0 unspecified atom stereocenters. The Kier molecular flexibility index (Phi) is 6.25. The highest BCUT2D eigenvalue weighted by molar-refractivity contribution is 5.63. The Hall–Kier alpha value is -0.920. The molecule has 0 aliphatic rings. The number of hydrogen-bond acceptors (Lipinski definition) is 1. The Morgan fingerprint density at radius 1 is 1.42 bits per heavy atom. The van der Waals surface area contributed by atoms with Crippen LogP contribution in [0.3, 0.4) is 0 Å². The summed E-state index contributed by atoms with van der Waals surface area (Å²) in [5, 5.41) is 0. The summed E-state index contributed by atoms with van der Waals surface area (Å²) in [4.78, 5) is 7.79. The van der Waals surface area contributed by atoms with E-state index in [9.17, 15) is 0 Å². The molecule has 0 rings (SSSR count). The van der Waals surface area contributed by atoms with Gasteiger partial charge in [0.25, 0.3) is 0 Å². The van der Waals surface area contributed by atoms with Crippen molar-refractivity contribution in [1.29, 1.82) is 0 Å². The summed E-state index contributed by atoms with van der Waals surface area (Å²) in [5.41, 5.74) is 2.41. The minimum absolute atomic E-state index is 1.05. The van der Waals surface area contributed by atoms with Crippen molar-refractivity contribution < 1.29 is 0 Å². The van der Waals surface area contributed by atoms with Crippen LogP contribution in [0.4, 0.5) is 0 Å². The SMILES string of the molecule is C=NC=NC(CCCC)=C(C)C. The maximum absolute atomic E-state index is 4.20. The molecule has 2 heteroatoms. The first-order chi connectivity index (χ1) is 5.72. The smallest absolute Gasteiger partial charge is 0.114 e. The van der Waals surface area contributed by atoms with Crippen molar-refractivity contribution in [1.82, 2.24) is 0 Å². The van der Waals surface area contributed by atoms with E-state index < -0.39 is 0 Å². The molecule has 68 valence electrons. The largest absolute Gasteiger partial charge is 0.253 e. The average molecular weight is 166 g/mol. The van der Waals surface area contributed by atoms with E-state index >= 15 is 0 Å². The summed E-state index contributed by atoms with van der Waals surface area (Å²) in [5.74, 6) is 0. The van der Waals surface area contributed by atoms with Gasteiger partial charge in [-0.05, 0) is 33.4 Å². The third kappa shape index (κ3) is 4.83. The molecule has 0 saturated carbocycles. The lowest BCUT2D eigenvalue weighted by Crippen LogP contribution is -1.84. The minimum atomic E-state index is 1.05. The van der Waals surface area contributed by atoms with Crippen LogP contribution in [-0.4, -0.2) is 13.1 Å². The van der Waals surface area contributed by atoms with Gasteiger partial charge < -0.3 is 0 Å². The van der Waals surface area contributed by atoms with Crippen LogP contribution in [0.2, 0.25) is 0 Å². The van der Waals surface area contributed by atoms with Crippen LogP contribution in [0.15, 0.2) is 21.3 Å². The standard InChI is InChI=1S/C10H18N2/c1-5-6-7-10(9(2)3)12-8-11-4/h8H,4-7H2,1-3H3. The number of nitrogens with zero attached hydrogens (tertiary/aromatic N) is 2. The second-order valence-electron chi connectivity index (χ2n) is 2.98. The van der Waals surface area contributed by atoms with E-state index in [2.05, 4.69) is 37.5 Å². The summed E-state index contributed by atoms with van der Waals surface area (Å²) in [6.45, 7) is 9.68. The summed E-state index contributed by atoms with van der Waals surface area (Å²) in [6, 6.07) is 0. The first kappa shape index (κ1) is 11.1. The fourth-order valence-corrected chi connectivity index (χ4v) is 0.898. The number of aliphatic imine (C=N–C) groups is 2. The Bertz CT molecular complexity index is 186. The van der Waals surface area contributed by atoms with Gasteiger partial charge in [0, 0.05) is 5.70 Å². The molecule has 0 atom stereocenters. The number of unbranched alkanes of at least 4 members (excludes halogenated alkanes) is 1. The van der Waals surface area contributed by atoms with E-state index in [1.807, 2.05) is 0 Å². The van der Waals surface area contributed by atoms with E-state index in [-0.39, 0.29) is 0 Å². The summed E-state index contributed by atoms with van der Waals surface area (Å²) >= 11 is 0. The molecule has 0 N–H and O–H groups in total. The van der Waals surface area contributed by atoms with E-state index in [0.29, 0.717) is 0 Å². The molecule has 0 aliphatic carbocycles. The normalized spacial score (nSPS) is 10.2. The van der Waals surface area contributed by atoms with Gasteiger partial charge in [-0.1, -0.05) is 18.9 Å². The van der Waals surface area contributed by atoms with Crippen molar-refractivity contribution in [3.8, 4) is 0 Å². The van der Waals surface area contributed by atoms with Crippen LogP contribution in [0.1, 0.15) is 40.0 Å². The highest BCUT2D eigenvalue weighted by atomic mass is 14.8. The Labute approximate surface area is 75.1 Å². The zero-order chi connectivity index (χ0) is 9.40. The molecule has 0 bridgehead atoms. The van der Waals surface area contributed by atoms with Crippen molar-refractivity contribution in [2.45, 2.75) is 40.0 Å². The molecular formula is C10H18N2. The predicted molar refractivity (Wildman–Crippen MR) is 55.9 cm³/mol. The molecule has 0 aromatic heterocycles. The third-order valence-corrected chi connectivity index (χ3v) is 1.64. The van der Waals surface area contributed by atoms with Crippen LogP contribution in [0.5, 0.6) is 0 Å². The lowest BCUT2D eigenvalue weighted by molar-refractivity contribution is 0.775. The van der Waals surface area contributed by atoms with E-state index in [1.54, 1.807) is 0 Å². The van der Waals surface area contributed by atoms with E-state index in [1.165, 1.54) is 24.8 Å². The fraction of sp³-hybridized carbons (Fsp3) is 0.600. The zero-order valence-corrected chi connectivity index (χ0v) is 8.30. The Balaban J connectivity index is 4.16. The lowest BCUT2D eigenvalue weighted by Gasteiger charge is -2.01. The van der Waals surface area contributed by atoms with E-state index in [0.717, 1.165) is 12.1 Å². The second kappa shape index (κ2) is 6.77. The van der Waals surface area contributed by atoms with Crippen LogP contribution >= 0.6 is 0 Å². The Morgan fingerprint density at radius 2 is 2.08 bits per heavy atom. The molecule has 0 heterocycles. The van der Waals surface area contributed by atoms with Crippen molar-refractivity contribution in [2.75, 3.05) is 0 Å². The lowest BCUT2D eigenvalue weighted by atomic mass is 10.1. The van der Waals surface area contributed by atoms with Crippen molar-refractivity contribution in [3.63, 3.8) is 0 Å². The van der Waals surface area contributed by atoms with Gasteiger partial charge in [-0.25, -0.2) is 4.99 Å². The topological polar surface area (TPSA) is 24.7 Å². The summed E-state index contributed by atoms with van der Waals surface area (Å²) in [7, 11) is 0. The molecule has 2 nitrogen and oxygen atoms in total. The van der Waals surface area contributed by atoms with Gasteiger partial charge in [0.1, 0.15) is 6.34 Å². The van der Waals surface area contributed by atoms with Crippen LogP contribution in [0.25, 0.3) is 0 Å². The molecule has 12 heavy (non-hydrogen) atoms. The van der Waals surface area contributed by atoms with Crippen molar-refractivity contribution in [2.24, 2.45) is 9.98 Å². The molecule has 0 aliphatic heterocycles. The first-order valence-corrected chi connectivity index (χ1v) is 4.37. The molecule has 0 fully saturated rings. The van der Waals surface area contributed by atoms with Gasteiger partial charge in [-0.15, -0.1) is 0 Å². The van der Waals surface area contributed by atoms with Crippen molar-refractivity contribution in [3.05, 3.63) is 11.3 Å². The highest BCUT2D eigenvalue weighted by Crippen LogP contribution is 2.12. The van der Waals surface area contributed by atoms with Gasteiger partial charge in [-0.2, -0.15) is 0 Å². The molecule has 0 amide bonds. The van der Waals surface area contributed by atoms with Crippen LogP contribution in [0, 0.1) is 0 Å². The molecule has 0 radical (unpaired) electrons. The predicted octanol–water partition coefficient (Wildman–Crippen LogP) is 3.20. The highest BCUT2D eigenvalue weighted by Gasteiger charge is 1.95. The molecule has 0 aromatic carbocycles. The maximum atomic E-state index is 4.20. The van der Waals surface area contributed by atoms with Crippen LogP contribution < -0.4 is 0 Å². The zero-order valence-electron chi connectivity index (χ0n) is 8.30. The molecular weight excluding hydrogens is 148 g/mol. The second-order valence-corrected chi connectivity index (χ2v) is 2.98. The van der Waals surface area contributed by atoms with Gasteiger partial charge in [-0.3, -0.25) is 4.99 Å². The van der Waals surface area contributed by atoms with Crippen LogP contribution in [-0.2, 0) is 0 Å². The summed E-state index contributed by atoms with van der Waals surface area (Å²) < 4.78 is 0. The Morgan fingerprint density at radius 3 is 2.50 bits per heavy atom. The van der Waals surface area contributed by atoms with E-state index in [4.69, 9.17) is 0 Å². The summed E-state index contributed by atoms with van der Waals surface area (Å²) in [6.07, 6.45) is 4.95. The maximum Gasteiger partial charge on any atom is 0.114 e. The monoisotopic (exact) mass is 166 g/mol. The third-order valence-electron chi connectivity index (χ3n) is 1.64.